The van der Waals surface area contributed by atoms with Crippen LogP contribution in [0.1, 0.15) is 0 Å². The van der Waals surface area contributed by atoms with E-state index in [9.17, 15) is 9.59 Å². The quantitative estimate of drug-likeness (QED) is 0.598. The van der Waals surface area contributed by atoms with Gasteiger partial charge in [0.25, 0.3) is 0 Å². The van der Waals surface area contributed by atoms with Gasteiger partial charge in [0, 0.05) is 6.08 Å². The number of hydrogen-bond donors (Lipinski definition) is 1. The van der Waals surface area contributed by atoms with Crippen LogP contribution in [0.15, 0.2) is 41.7 Å². The smallest absolute Gasteiger partial charge is 0.181 e. The molecule has 0 aromatic carbocycles. The third-order valence-electron chi connectivity index (χ3n) is 1.24. The first-order valence-electron chi connectivity index (χ1n) is 3.82. The average Bonchev–Trinajstić information content (AvgIpc) is 2.17. The van der Waals surface area contributed by atoms with Crippen LogP contribution in [-0.4, -0.2) is 17.8 Å². The van der Waals surface area contributed by atoms with E-state index in [4.69, 9.17) is 0 Å². The molecule has 0 radical (unpaired) electrons. The fraction of sp³-hybridized carbons (Fsp3) is 0. The molecule has 1 aliphatic rings. The van der Waals surface area contributed by atoms with Crippen LogP contribution in [0.25, 0.3) is 0 Å². The molecule has 1 aliphatic heterocycles. The molecule has 14 heavy (non-hydrogen) atoms. The number of nitrogens with zero attached hydrogens (tertiary/aromatic N) is 1. The summed E-state index contributed by atoms with van der Waals surface area (Å²) in [5.74, 6) is -0.613. The van der Waals surface area contributed by atoms with E-state index >= 15 is 0 Å². The number of nitrogens with one attached hydrogen (secondary N) is 1. The van der Waals surface area contributed by atoms with Gasteiger partial charge in [0.1, 0.15) is 6.26 Å². The van der Waals surface area contributed by atoms with Gasteiger partial charge in [-0.05, 0) is 24.3 Å². The summed E-state index contributed by atoms with van der Waals surface area (Å²) in [7, 11) is 0. The highest BCUT2D eigenvalue weighted by Crippen LogP contribution is 1.86. The molecule has 0 saturated heterocycles. The van der Waals surface area contributed by atoms with Crippen molar-refractivity contribution in [3.05, 3.63) is 36.6 Å². The molecular weight excluding hydrogens is 184 g/mol. The van der Waals surface area contributed by atoms with Crippen LogP contribution in [-0.2, 0) is 14.4 Å². The predicted molar refractivity (Wildman–Crippen MR) is 50.1 cm³/mol. The largest absolute Gasteiger partial charge is 0.373 e. The molecule has 0 aromatic heterocycles. The lowest BCUT2D eigenvalue weighted by atomic mass is 10.3. The molecule has 0 atom stereocenters. The Morgan fingerprint density at radius 1 is 1.07 bits per heavy atom. The first kappa shape index (κ1) is 9.91. The van der Waals surface area contributed by atoms with Gasteiger partial charge in [0.15, 0.2) is 11.6 Å². The number of carbonyl (C=O) groups is 2. The lowest BCUT2D eigenvalue weighted by Gasteiger charge is -1.94. The van der Waals surface area contributed by atoms with Crippen LogP contribution in [0.4, 0.5) is 0 Å². The van der Waals surface area contributed by atoms with E-state index in [1.54, 1.807) is 0 Å². The third-order valence-corrected chi connectivity index (χ3v) is 1.24. The highest BCUT2D eigenvalue weighted by Gasteiger charge is 1.92. The van der Waals surface area contributed by atoms with Gasteiger partial charge in [-0.3, -0.25) is 9.59 Å². The third kappa shape index (κ3) is 4.01. The molecule has 72 valence electrons. The maximum absolute atomic E-state index is 11.0. The SMILES string of the molecule is O=C1C=CC=NNOC=CC(=O)C=C1. The van der Waals surface area contributed by atoms with Crippen LogP contribution in [0, 0.1) is 0 Å². The van der Waals surface area contributed by atoms with Crippen molar-refractivity contribution < 1.29 is 14.4 Å². The molecule has 0 bridgehead atoms. The van der Waals surface area contributed by atoms with E-state index < -0.39 is 0 Å². The van der Waals surface area contributed by atoms with Gasteiger partial charge in [0.05, 0.1) is 6.21 Å². The summed E-state index contributed by atoms with van der Waals surface area (Å²) in [4.78, 5) is 26.5. The zero-order chi connectivity index (χ0) is 10.2. The minimum absolute atomic E-state index is 0.278. The summed E-state index contributed by atoms with van der Waals surface area (Å²) in [5, 5.41) is 3.54. The first-order chi connectivity index (χ1) is 6.79. The summed E-state index contributed by atoms with van der Waals surface area (Å²) in [5.41, 5.74) is 2.18. The second-order valence-corrected chi connectivity index (χ2v) is 2.29. The van der Waals surface area contributed by atoms with Crippen molar-refractivity contribution in [2.75, 3.05) is 0 Å². The van der Waals surface area contributed by atoms with Gasteiger partial charge in [-0.15, -0.1) is 5.59 Å². The van der Waals surface area contributed by atoms with Gasteiger partial charge < -0.3 is 4.84 Å². The van der Waals surface area contributed by atoms with Crippen molar-refractivity contribution in [1.82, 2.24) is 5.59 Å². The standard InChI is InChI=1S/C9H8N2O3/c12-8-2-1-6-10-11-14-7-5-9(13)4-3-8/h1-7,11H. The van der Waals surface area contributed by atoms with Gasteiger partial charge in [-0.25, -0.2) is 0 Å². The van der Waals surface area contributed by atoms with Crippen molar-refractivity contribution in [2.45, 2.75) is 0 Å². The van der Waals surface area contributed by atoms with Crippen molar-refractivity contribution in [3.63, 3.8) is 0 Å². The zero-order valence-electron chi connectivity index (χ0n) is 7.21. The molecule has 5 nitrogen and oxygen atoms in total. The highest BCUT2D eigenvalue weighted by molar-refractivity contribution is 6.07. The zero-order valence-corrected chi connectivity index (χ0v) is 7.21. The van der Waals surface area contributed by atoms with Crippen molar-refractivity contribution in [3.8, 4) is 0 Å². The Morgan fingerprint density at radius 3 is 2.57 bits per heavy atom. The van der Waals surface area contributed by atoms with E-state index in [1.807, 2.05) is 0 Å². The number of allylic oxidation sites excluding steroid dienone is 5. The normalized spacial score (nSPS) is 16.9. The molecule has 0 fully saturated rings. The van der Waals surface area contributed by atoms with E-state index in [0.717, 1.165) is 18.4 Å². The summed E-state index contributed by atoms with van der Waals surface area (Å²) >= 11 is 0. The Bertz CT molecular complexity index is 340. The summed E-state index contributed by atoms with van der Waals surface area (Å²) < 4.78 is 0. The van der Waals surface area contributed by atoms with E-state index in [1.165, 1.54) is 24.4 Å². The Labute approximate surface area is 80.4 Å². The molecule has 0 unspecified atom stereocenters. The number of hydrogen-bond acceptors (Lipinski definition) is 5. The molecule has 0 spiro atoms. The Kier molecular flexibility index (Phi) is 3.87. The fourth-order valence-electron chi connectivity index (χ4n) is 0.649. The number of hydrazone groups is 1. The number of carbonyl (C=O) groups excluding carboxylic acids is 2. The van der Waals surface area contributed by atoms with Crippen LogP contribution in [0.5, 0.6) is 0 Å². The first-order valence-corrected chi connectivity index (χ1v) is 3.82. The van der Waals surface area contributed by atoms with Gasteiger partial charge in [-0.1, -0.05) is 0 Å². The monoisotopic (exact) mass is 192 g/mol. The maximum atomic E-state index is 11.0. The van der Waals surface area contributed by atoms with Crippen molar-refractivity contribution in [2.24, 2.45) is 5.10 Å². The maximum Gasteiger partial charge on any atom is 0.181 e. The Morgan fingerprint density at radius 2 is 1.79 bits per heavy atom. The molecular formula is C9H8N2O3. The van der Waals surface area contributed by atoms with Gasteiger partial charge in [0.2, 0.25) is 0 Å². The molecule has 1 rings (SSSR count). The van der Waals surface area contributed by atoms with Gasteiger partial charge in [-0.2, -0.15) is 5.10 Å². The number of rotatable bonds is 0. The highest BCUT2D eigenvalue weighted by atomic mass is 16.7. The van der Waals surface area contributed by atoms with E-state index in [2.05, 4.69) is 15.5 Å². The van der Waals surface area contributed by atoms with Crippen molar-refractivity contribution >= 4 is 17.8 Å². The minimum Gasteiger partial charge on any atom is -0.373 e. The minimum atomic E-state index is -0.335. The molecule has 1 heterocycles. The number of ketones is 2. The molecule has 5 heteroatoms. The Balaban J connectivity index is 2.73. The molecule has 0 amide bonds. The van der Waals surface area contributed by atoms with Crippen molar-refractivity contribution in [1.29, 1.82) is 0 Å². The lowest BCUT2D eigenvalue weighted by molar-refractivity contribution is -0.112. The van der Waals surface area contributed by atoms with Gasteiger partial charge >= 0.3 is 0 Å². The second-order valence-electron chi connectivity index (χ2n) is 2.29. The summed E-state index contributed by atoms with van der Waals surface area (Å²) in [6.07, 6.45) is 8.69. The summed E-state index contributed by atoms with van der Waals surface area (Å²) in [6.45, 7) is 0. The van der Waals surface area contributed by atoms with Crippen LogP contribution < -0.4 is 5.59 Å². The lowest BCUT2D eigenvalue weighted by Crippen LogP contribution is -2.02. The second kappa shape index (κ2) is 5.47. The molecule has 0 saturated carbocycles. The summed E-state index contributed by atoms with van der Waals surface area (Å²) in [6, 6.07) is 0. The predicted octanol–water partition coefficient (Wildman–Crippen LogP) is 0.271. The topological polar surface area (TPSA) is 67.8 Å². The molecule has 1 N–H and O–H groups in total. The fourth-order valence-corrected chi connectivity index (χ4v) is 0.649. The molecule has 0 aromatic rings. The van der Waals surface area contributed by atoms with E-state index in [-0.39, 0.29) is 11.6 Å². The van der Waals surface area contributed by atoms with Crippen LogP contribution in [0.3, 0.4) is 0 Å². The van der Waals surface area contributed by atoms with Crippen LogP contribution >= 0.6 is 0 Å². The average molecular weight is 192 g/mol. The van der Waals surface area contributed by atoms with E-state index in [0.29, 0.717) is 0 Å². The van der Waals surface area contributed by atoms with Crippen LogP contribution in [0.2, 0.25) is 0 Å². The molecule has 0 aliphatic carbocycles. The Hall–Kier alpha value is -2.17.